The van der Waals surface area contributed by atoms with Crippen LogP contribution < -0.4 is 0 Å². The summed E-state index contributed by atoms with van der Waals surface area (Å²) >= 11 is 0. The van der Waals surface area contributed by atoms with Crippen molar-refractivity contribution in [1.82, 2.24) is 0 Å². The summed E-state index contributed by atoms with van der Waals surface area (Å²) in [4.78, 5) is 0. The molecule has 0 bridgehead atoms. The Bertz CT molecular complexity index is 181. The highest BCUT2D eigenvalue weighted by Gasteiger charge is 2.18. The van der Waals surface area contributed by atoms with Gasteiger partial charge in [-0.05, 0) is 33.1 Å². The largest absolute Gasteiger partial charge is 0.234 e. The van der Waals surface area contributed by atoms with Crippen molar-refractivity contribution >= 4 is 17.2 Å². The molecule has 0 fully saturated rings. The molecule has 0 aliphatic rings. The molecule has 0 spiro atoms. The van der Waals surface area contributed by atoms with Crippen molar-refractivity contribution in [1.29, 1.82) is 0 Å². The van der Waals surface area contributed by atoms with Crippen molar-refractivity contribution in [2.24, 2.45) is 10.3 Å². The molecular formula is C9H19NOS. The summed E-state index contributed by atoms with van der Waals surface area (Å²) in [5.41, 5.74) is 0. The van der Waals surface area contributed by atoms with Crippen molar-refractivity contribution in [2.75, 3.05) is 0 Å². The van der Waals surface area contributed by atoms with Crippen LogP contribution in [0.5, 0.6) is 0 Å². The zero-order valence-corrected chi connectivity index (χ0v) is 9.44. The van der Waals surface area contributed by atoms with E-state index in [2.05, 4.69) is 18.2 Å². The summed E-state index contributed by atoms with van der Waals surface area (Å²) in [7, 11) is -1.09. The highest BCUT2D eigenvalue weighted by atomic mass is 32.2. The average Bonchev–Trinajstić information content (AvgIpc) is 1.97. The van der Waals surface area contributed by atoms with Crippen molar-refractivity contribution < 1.29 is 4.21 Å². The smallest absolute Gasteiger partial charge is 0.144 e. The fourth-order valence-corrected chi connectivity index (χ4v) is 1.06. The first-order valence-corrected chi connectivity index (χ1v) is 5.44. The van der Waals surface area contributed by atoms with Crippen LogP contribution in [0.1, 0.15) is 41.0 Å². The molecule has 0 aliphatic heterocycles. The SMILES string of the molecule is CC[C@H](C)C=N[S@](=O)C(C)(C)C. The van der Waals surface area contributed by atoms with E-state index < -0.39 is 11.0 Å². The molecule has 0 aromatic heterocycles. The second-order valence-electron chi connectivity index (χ2n) is 4.00. The van der Waals surface area contributed by atoms with Crippen molar-refractivity contribution in [2.45, 2.75) is 45.8 Å². The molecular weight excluding hydrogens is 170 g/mol. The first kappa shape index (κ1) is 11.8. The highest BCUT2D eigenvalue weighted by Crippen LogP contribution is 2.12. The number of rotatable bonds is 3. The Morgan fingerprint density at radius 1 is 1.50 bits per heavy atom. The van der Waals surface area contributed by atoms with Crippen molar-refractivity contribution in [3.63, 3.8) is 0 Å². The van der Waals surface area contributed by atoms with Gasteiger partial charge in [-0.3, -0.25) is 0 Å². The van der Waals surface area contributed by atoms with Crippen LogP contribution in [0.4, 0.5) is 0 Å². The van der Waals surface area contributed by atoms with E-state index in [1.165, 1.54) is 0 Å². The van der Waals surface area contributed by atoms with Gasteiger partial charge in [0, 0.05) is 6.21 Å². The Kier molecular flexibility index (Phi) is 4.68. The molecule has 0 saturated heterocycles. The summed E-state index contributed by atoms with van der Waals surface area (Å²) in [5, 5.41) is 0. The first-order valence-electron chi connectivity index (χ1n) is 4.34. The summed E-state index contributed by atoms with van der Waals surface area (Å²) in [6.07, 6.45) is 2.84. The molecule has 0 rings (SSSR count). The van der Waals surface area contributed by atoms with E-state index in [0.29, 0.717) is 5.92 Å². The number of nitrogens with zero attached hydrogens (tertiary/aromatic N) is 1. The maximum absolute atomic E-state index is 11.4. The summed E-state index contributed by atoms with van der Waals surface area (Å²) in [5.74, 6) is 0.427. The van der Waals surface area contributed by atoms with Gasteiger partial charge in [0.25, 0.3) is 0 Å². The maximum Gasteiger partial charge on any atom is 0.144 e. The molecule has 2 atom stereocenters. The van der Waals surface area contributed by atoms with E-state index in [1.807, 2.05) is 20.8 Å². The summed E-state index contributed by atoms with van der Waals surface area (Å²) < 4.78 is 15.2. The lowest BCUT2D eigenvalue weighted by Crippen LogP contribution is -2.20. The lowest BCUT2D eigenvalue weighted by atomic mass is 10.1. The average molecular weight is 189 g/mol. The summed E-state index contributed by atoms with van der Waals surface area (Å²) in [6.45, 7) is 9.95. The standard InChI is InChI=1S/C9H19NOS/c1-6-8(2)7-10-12(11)9(3,4)5/h7-8H,6H2,1-5H3/t8-,12+/m0/s1. The Morgan fingerprint density at radius 3 is 2.33 bits per heavy atom. The lowest BCUT2D eigenvalue weighted by molar-refractivity contribution is 0.650. The Hall–Kier alpha value is -0.180. The van der Waals surface area contributed by atoms with Gasteiger partial charge in [0.1, 0.15) is 11.0 Å². The second-order valence-corrected chi connectivity index (χ2v) is 5.94. The molecule has 0 unspecified atom stereocenters. The fraction of sp³-hybridized carbons (Fsp3) is 0.889. The third-order valence-electron chi connectivity index (χ3n) is 1.58. The second kappa shape index (κ2) is 4.75. The van der Waals surface area contributed by atoms with E-state index in [-0.39, 0.29) is 4.75 Å². The molecule has 0 radical (unpaired) electrons. The molecule has 0 saturated carbocycles. The zero-order chi connectivity index (χ0) is 9.78. The predicted molar refractivity (Wildman–Crippen MR) is 55.8 cm³/mol. The van der Waals surface area contributed by atoms with Crippen molar-refractivity contribution in [3.05, 3.63) is 0 Å². The van der Waals surface area contributed by atoms with Gasteiger partial charge >= 0.3 is 0 Å². The van der Waals surface area contributed by atoms with E-state index in [9.17, 15) is 4.21 Å². The topological polar surface area (TPSA) is 29.4 Å². The molecule has 3 heteroatoms. The van der Waals surface area contributed by atoms with Gasteiger partial charge in [0.05, 0.1) is 4.75 Å². The van der Waals surface area contributed by atoms with Gasteiger partial charge in [0.2, 0.25) is 0 Å². The van der Waals surface area contributed by atoms with E-state index in [4.69, 9.17) is 0 Å². The maximum atomic E-state index is 11.4. The third kappa shape index (κ3) is 4.65. The monoisotopic (exact) mass is 189 g/mol. The molecule has 0 aromatic rings. The number of hydrogen-bond donors (Lipinski definition) is 0. The van der Waals surface area contributed by atoms with Crippen LogP contribution in [0.15, 0.2) is 4.40 Å². The van der Waals surface area contributed by atoms with E-state index in [1.54, 1.807) is 6.21 Å². The van der Waals surface area contributed by atoms with E-state index >= 15 is 0 Å². The van der Waals surface area contributed by atoms with Gasteiger partial charge in [-0.2, -0.15) is 4.40 Å². The van der Waals surface area contributed by atoms with Gasteiger partial charge in [0.15, 0.2) is 0 Å². The molecule has 0 aromatic carbocycles. The predicted octanol–water partition coefficient (Wildman–Crippen LogP) is 2.57. The first-order chi connectivity index (χ1) is 5.38. The Balaban J connectivity index is 4.10. The third-order valence-corrected chi connectivity index (χ3v) is 2.94. The molecule has 0 amide bonds. The fourth-order valence-electron chi connectivity index (χ4n) is 0.423. The van der Waals surface area contributed by atoms with Crippen LogP contribution in [-0.2, 0) is 11.0 Å². The minimum atomic E-state index is -1.09. The Labute approximate surface area is 78.1 Å². The van der Waals surface area contributed by atoms with Crippen LogP contribution in [-0.4, -0.2) is 15.2 Å². The van der Waals surface area contributed by atoms with Gasteiger partial charge < -0.3 is 0 Å². The lowest BCUT2D eigenvalue weighted by Gasteiger charge is -2.13. The van der Waals surface area contributed by atoms with Gasteiger partial charge in [-0.1, -0.05) is 13.8 Å². The molecule has 0 N–H and O–H groups in total. The van der Waals surface area contributed by atoms with Crippen LogP contribution in [0.3, 0.4) is 0 Å². The minimum absolute atomic E-state index is 0.232. The molecule has 0 aliphatic carbocycles. The van der Waals surface area contributed by atoms with Gasteiger partial charge in [-0.25, -0.2) is 4.21 Å². The van der Waals surface area contributed by atoms with Crippen molar-refractivity contribution in [3.8, 4) is 0 Å². The molecule has 2 nitrogen and oxygen atoms in total. The zero-order valence-electron chi connectivity index (χ0n) is 8.63. The summed E-state index contributed by atoms with van der Waals surface area (Å²) in [6, 6.07) is 0. The molecule has 12 heavy (non-hydrogen) atoms. The van der Waals surface area contributed by atoms with Crippen LogP contribution >= 0.6 is 0 Å². The molecule has 72 valence electrons. The van der Waals surface area contributed by atoms with Crippen LogP contribution in [0, 0.1) is 5.92 Å². The quantitative estimate of drug-likeness (QED) is 0.627. The number of hydrogen-bond acceptors (Lipinski definition) is 1. The van der Waals surface area contributed by atoms with Gasteiger partial charge in [-0.15, -0.1) is 0 Å². The molecule has 0 heterocycles. The normalized spacial score (nSPS) is 18.1. The minimum Gasteiger partial charge on any atom is -0.234 e. The van der Waals surface area contributed by atoms with Crippen LogP contribution in [0.2, 0.25) is 0 Å². The Morgan fingerprint density at radius 2 is 2.00 bits per heavy atom. The van der Waals surface area contributed by atoms with E-state index in [0.717, 1.165) is 6.42 Å². The highest BCUT2D eigenvalue weighted by molar-refractivity contribution is 7.85. The van der Waals surface area contributed by atoms with Crippen LogP contribution in [0.25, 0.3) is 0 Å².